The Morgan fingerprint density at radius 3 is 2.00 bits per heavy atom. The lowest BCUT2D eigenvalue weighted by Gasteiger charge is -2.37. The van der Waals surface area contributed by atoms with Crippen LogP contribution in [0.15, 0.2) is 60.7 Å². The molecule has 0 aliphatic carbocycles. The van der Waals surface area contributed by atoms with Gasteiger partial charge in [-0.3, -0.25) is 4.79 Å². The Kier molecular flexibility index (Phi) is 7.96. The van der Waals surface area contributed by atoms with Crippen LogP contribution in [0.25, 0.3) is 11.1 Å². The Hall–Kier alpha value is -2.56. The van der Waals surface area contributed by atoms with Crippen molar-refractivity contribution in [2.45, 2.75) is 70.8 Å². The normalized spacial score (nSPS) is 15.6. The average Bonchev–Trinajstić information content (AvgIpc) is 2.86. The molecule has 1 fully saturated rings. The molecule has 0 bridgehead atoms. The van der Waals surface area contributed by atoms with Crippen LogP contribution in [0.5, 0.6) is 0 Å². The maximum Gasteiger partial charge on any atom is 0.307 e. The largest absolute Gasteiger partial charge is 0.481 e. The predicted molar refractivity (Wildman–Crippen MR) is 151 cm³/mol. The Labute approximate surface area is 220 Å². The van der Waals surface area contributed by atoms with Crippen LogP contribution in [0.2, 0.25) is 0 Å². The van der Waals surface area contributed by atoms with Gasteiger partial charge in [-0.05, 0) is 95.5 Å². The summed E-state index contributed by atoms with van der Waals surface area (Å²) in [6, 6.07) is 21.4. The lowest BCUT2D eigenvalue weighted by atomic mass is 9.69. The monoisotopic (exact) mass is 502 g/mol. The topological polar surface area (TPSA) is 57.5 Å². The van der Waals surface area contributed by atoms with Crippen molar-refractivity contribution in [1.29, 1.82) is 0 Å². The summed E-state index contributed by atoms with van der Waals surface area (Å²) < 4.78 is 0. The maximum absolute atomic E-state index is 11.3. The number of aryl methyl sites for hydroxylation is 2. The summed E-state index contributed by atoms with van der Waals surface area (Å²) in [5.74, 6) is 1.22. The number of carboxylic acid groups (broad SMARTS) is 1. The van der Waals surface area contributed by atoms with Crippen molar-refractivity contribution in [2.75, 3.05) is 11.5 Å². The number of rotatable bonds is 8. The quantitative estimate of drug-likeness (QED) is 0.336. The summed E-state index contributed by atoms with van der Waals surface area (Å²) in [5, 5.41) is 20.4. The van der Waals surface area contributed by atoms with E-state index >= 15 is 0 Å². The van der Waals surface area contributed by atoms with Gasteiger partial charge in [0.1, 0.15) is 0 Å². The molecule has 3 aromatic rings. The van der Waals surface area contributed by atoms with Gasteiger partial charge in [0.25, 0.3) is 0 Å². The van der Waals surface area contributed by atoms with E-state index in [-0.39, 0.29) is 11.8 Å². The fraction of sp³-hybridized carbons (Fsp3) is 0.406. The van der Waals surface area contributed by atoms with Crippen LogP contribution in [0.3, 0.4) is 0 Å². The van der Waals surface area contributed by atoms with Gasteiger partial charge >= 0.3 is 5.97 Å². The van der Waals surface area contributed by atoms with Gasteiger partial charge in [-0.15, -0.1) is 0 Å². The van der Waals surface area contributed by atoms with Crippen molar-refractivity contribution in [3.05, 3.63) is 94.0 Å². The molecule has 3 nitrogen and oxygen atoms in total. The minimum Gasteiger partial charge on any atom is -0.481 e. The lowest BCUT2D eigenvalue weighted by Crippen LogP contribution is -2.32. The molecule has 1 aliphatic heterocycles. The Bertz CT molecular complexity index is 1220. The van der Waals surface area contributed by atoms with Crippen LogP contribution in [-0.4, -0.2) is 27.7 Å². The van der Waals surface area contributed by atoms with Gasteiger partial charge in [-0.2, -0.15) is 11.8 Å². The van der Waals surface area contributed by atoms with Crippen molar-refractivity contribution in [3.63, 3.8) is 0 Å². The third-order valence-electron chi connectivity index (χ3n) is 8.21. The smallest absolute Gasteiger partial charge is 0.307 e. The molecule has 0 radical (unpaired) electrons. The molecule has 0 amide bonds. The van der Waals surface area contributed by atoms with E-state index in [0.29, 0.717) is 0 Å². The van der Waals surface area contributed by atoms with Crippen LogP contribution >= 0.6 is 11.8 Å². The average molecular weight is 503 g/mol. The number of benzene rings is 3. The van der Waals surface area contributed by atoms with E-state index in [1.54, 1.807) is 0 Å². The minimum absolute atomic E-state index is 0.0439. The van der Waals surface area contributed by atoms with Crippen LogP contribution in [-0.2, 0) is 22.2 Å². The highest BCUT2D eigenvalue weighted by atomic mass is 32.2. The van der Waals surface area contributed by atoms with Gasteiger partial charge in [-0.1, -0.05) is 74.5 Å². The number of hydrogen-bond donors (Lipinski definition) is 2. The first-order valence-corrected chi connectivity index (χ1v) is 14.2. The highest BCUT2D eigenvalue weighted by Crippen LogP contribution is 2.43. The molecule has 0 spiro atoms. The molecule has 0 unspecified atom stereocenters. The molecule has 2 N–H and O–H groups in total. The van der Waals surface area contributed by atoms with Crippen LogP contribution in [0.4, 0.5) is 0 Å². The molecule has 1 aliphatic rings. The molecule has 0 saturated carbocycles. The standard InChI is InChI=1S/C32H38O3S/c1-5-31(6-2,27-12-14-29(23(4)20-27)32(35)15-17-36-18-16-32)26-11-13-28(22(3)19-26)25-9-7-24(8-10-25)21-30(33)34/h7-14,19-20,35H,5-6,15-18,21H2,1-4H3,(H,33,34). The van der Waals surface area contributed by atoms with Crippen LogP contribution in [0.1, 0.15) is 72.9 Å². The highest BCUT2D eigenvalue weighted by molar-refractivity contribution is 7.99. The number of aliphatic hydroxyl groups is 1. The van der Waals surface area contributed by atoms with E-state index in [4.69, 9.17) is 5.11 Å². The summed E-state index contributed by atoms with van der Waals surface area (Å²) in [7, 11) is 0. The minimum atomic E-state index is -0.811. The predicted octanol–water partition coefficient (Wildman–Crippen LogP) is 7.42. The number of hydrogen-bond acceptors (Lipinski definition) is 3. The lowest BCUT2D eigenvalue weighted by molar-refractivity contribution is -0.136. The molecule has 3 aromatic carbocycles. The zero-order valence-corrected chi connectivity index (χ0v) is 22.8. The second-order valence-electron chi connectivity index (χ2n) is 10.3. The summed E-state index contributed by atoms with van der Waals surface area (Å²) in [6.45, 7) is 8.84. The van der Waals surface area contributed by atoms with E-state index in [1.165, 1.54) is 27.8 Å². The van der Waals surface area contributed by atoms with E-state index in [0.717, 1.165) is 53.9 Å². The molecule has 36 heavy (non-hydrogen) atoms. The first kappa shape index (κ1) is 26.5. The fourth-order valence-corrected chi connectivity index (χ4v) is 7.13. The fourth-order valence-electron chi connectivity index (χ4n) is 5.96. The van der Waals surface area contributed by atoms with Crippen molar-refractivity contribution in [3.8, 4) is 11.1 Å². The first-order chi connectivity index (χ1) is 17.2. The molecule has 4 heteroatoms. The Morgan fingerprint density at radius 1 is 0.889 bits per heavy atom. The van der Waals surface area contributed by atoms with Crippen LogP contribution < -0.4 is 0 Å². The first-order valence-electron chi connectivity index (χ1n) is 13.1. The molecule has 0 atom stereocenters. The second kappa shape index (κ2) is 10.8. The van der Waals surface area contributed by atoms with Gasteiger partial charge < -0.3 is 10.2 Å². The van der Waals surface area contributed by atoms with E-state index < -0.39 is 11.6 Å². The molecular formula is C32H38O3S. The summed E-state index contributed by atoms with van der Waals surface area (Å²) in [5.41, 5.74) is 8.41. The van der Waals surface area contributed by atoms with Gasteiger partial charge in [0.2, 0.25) is 0 Å². The van der Waals surface area contributed by atoms with Gasteiger partial charge in [-0.25, -0.2) is 0 Å². The Balaban J connectivity index is 1.68. The van der Waals surface area contributed by atoms with Gasteiger partial charge in [0.05, 0.1) is 12.0 Å². The van der Waals surface area contributed by atoms with Crippen molar-refractivity contribution in [1.82, 2.24) is 0 Å². The van der Waals surface area contributed by atoms with E-state index in [9.17, 15) is 9.90 Å². The molecular weight excluding hydrogens is 464 g/mol. The summed E-state index contributed by atoms with van der Waals surface area (Å²) >= 11 is 1.93. The number of thioether (sulfide) groups is 1. The molecule has 1 heterocycles. The molecule has 4 rings (SSSR count). The van der Waals surface area contributed by atoms with Crippen LogP contribution in [0, 0.1) is 13.8 Å². The van der Waals surface area contributed by atoms with Gasteiger partial charge in [0, 0.05) is 5.41 Å². The van der Waals surface area contributed by atoms with Gasteiger partial charge in [0.15, 0.2) is 0 Å². The highest BCUT2D eigenvalue weighted by Gasteiger charge is 2.35. The number of carboxylic acids is 1. The third-order valence-corrected chi connectivity index (χ3v) is 9.19. The SMILES string of the molecule is CCC(CC)(c1ccc(-c2ccc(CC(=O)O)cc2)c(C)c1)c1ccc(C2(O)CCSCC2)c(C)c1. The zero-order valence-electron chi connectivity index (χ0n) is 21.9. The van der Waals surface area contributed by atoms with Crippen molar-refractivity contribution in [2.24, 2.45) is 0 Å². The summed E-state index contributed by atoms with van der Waals surface area (Å²) in [4.78, 5) is 11.0. The maximum atomic E-state index is 11.3. The molecule has 190 valence electrons. The Morgan fingerprint density at radius 2 is 1.47 bits per heavy atom. The number of carbonyl (C=O) groups is 1. The van der Waals surface area contributed by atoms with E-state index in [1.807, 2.05) is 36.0 Å². The van der Waals surface area contributed by atoms with Crippen molar-refractivity contribution < 1.29 is 15.0 Å². The molecule has 1 saturated heterocycles. The number of aliphatic carboxylic acids is 1. The zero-order chi connectivity index (χ0) is 25.9. The third kappa shape index (κ3) is 5.12. The second-order valence-corrected chi connectivity index (χ2v) is 11.5. The van der Waals surface area contributed by atoms with E-state index in [2.05, 4.69) is 64.1 Å². The molecule has 0 aromatic heterocycles. The summed E-state index contributed by atoms with van der Waals surface area (Å²) in [6.07, 6.45) is 3.67. The van der Waals surface area contributed by atoms with Crippen molar-refractivity contribution >= 4 is 17.7 Å².